The number of carbonyl (C=O) groups excluding carboxylic acids is 2. The Morgan fingerprint density at radius 2 is 1.76 bits per heavy atom. The molecule has 126 valence electrons. The highest BCUT2D eigenvalue weighted by Gasteiger charge is 2.12. The van der Waals surface area contributed by atoms with E-state index in [1.165, 1.54) is 11.1 Å². The van der Waals surface area contributed by atoms with Crippen molar-refractivity contribution in [2.75, 3.05) is 19.4 Å². The first-order valence-corrected chi connectivity index (χ1v) is 7.78. The van der Waals surface area contributed by atoms with Crippen LogP contribution >= 0.6 is 0 Å². The smallest absolute Gasteiger partial charge is 0.258 e. The summed E-state index contributed by atoms with van der Waals surface area (Å²) >= 11 is 0. The van der Waals surface area contributed by atoms with E-state index < -0.39 is 0 Å². The van der Waals surface area contributed by atoms with Crippen LogP contribution in [-0.2, 0) is 0 Å². The van der Waals surface area contributed by atoms with E-state index in [2.05, 4.69) is 10.4 Å². The molecule has 0 aliphatic rings. The summed E-state index contributed by atoms with van der Waals surface area (Å²) in [4.78, 5) is 25.9. The Kier molecular flexibility index (Phi) is 4.61. The number of nitrogens with zero attached hydrogens (tertiary/aromatic N) is 3. The molecular weight excluding hydrogens is 316 g/mol. The molecule has 0 fully saturated rings. The van der Waals surface area contributed by atoms with Gasteiger partial charge in [-0.15, -0.1) is 0 Å². The van der Waals surface area contributed by atoms with E-state index in [-0.39, 0.29) is 11.8 Å². The number of anilines is 1. The van der Waals surface area contributed by atoms with Gasteiger partial charge in [-0.2, -0.15) is 5.10 Å². The standard InChI is InChI=1S/C19H18N4O2/c1-22(2)19(25)14-7-6-8-16(11-14)21-18(24)15-12-20-23(13-15)17-9-4-3-5-10-17/h3-13H,1-2H3,(H,21,24). The fourth-order valence-electron chi connectivity index (χ4n) is 2.35. The Hall–Kier alpha value is -3.41. The Balaban J connectivity index is 1.76. The summed E-state index contributed by atoms with van der Waals surface area (Å²) in [5, 5.41) is 7.01. The highest BCUT2D eigenvalue weighted by atomic mass is 16.2. The molecule has 2 amide bonds. The molecule has 0 saturated heterocycles. The zero-order chi connectivity index (χ0) is 17.8. The van der Waals surface area contributed by atoms with Crippen LogP contribution in [0.5, 0.6) is 0 Å². The first kappa shape index (κ1) is 16.4. The summed E-state index contributed by atoms with van der Waals surface area (Å²) in [7, 11) is 3.37. The molecule has 25 heavy (non-hydrogen) atoms. The van der Waals surface area contributed by atoms with Crippen molar-refractivity contribution in [2.45, 2.75) is 0 Å². The van der Waals surface area contributed by atoms with Crippen molar-refractivity contribution in [1.82, 2.24) is 14.7 Å². The summed E-state index contributed by atoms with van der Waals surface area (Å²) in [6.45, 7) is 0. The van der Waals surface area contributed by atoms with E-state index in [9.17, 15) is 9.59 Å². The van der Waals surface area contributed by atoms with Gasteiger partial charge in [-0.25, -0.2) is 4.68 Å². The molecule has 3 rings (SSSR count). The Morgan fingerprint density at radius 3 is 2.48 bits per heavy atom. The second-order valence-corrected chi connectivity index (χ2v) is 5.74. The maximum atomic E-state index is 12.4. The molecule has 0 saturated carbocycles. The summed E-state index contributed by atoms with van der Waals surface area (Å²) in [6, 6.07) is 16.4. The van der Waals surface area contributed by atoms with Crippen molar-refractivity contribution in [3.63, 3.8) is 0 Å². The van der Waals surface area contributed by atoms with Gasteiger partial charge < -0.3 is 10.2 Å². The van der Waals surface area contributed by atoms with E-state index in [1.54, 1.807) is 49.2 Å². The highest BCUT2D eigenvalue weighted by Crippen LogP contribution is 2.14. The molecule has 0 aliphatic carbocycles. The average molecular weight is 334 g/mol. The third-order valence-electron chi connectivity index (χ3n) is 3.64. The minimum Gasteiger partial charge on any atom is -0.345 e. The van der Waals surface area contributed by atoms with Gasteiger partial charge in [0.05, 0.1) is 17.4 Å². The fraction of sp³-hybridized carbons (Fsp3) is 0.105. The monoisotopic (exact) mass is 334 g/mol. The predicted octanol–water partition coefficient (Wildman–Crippen LogP) is 2.83. The summed E-state index contributed by atoms with van der Waals surface area (Å²) in [5.41, 5.74) is 2.39. The quantitative estimate of drug-likeness (QED) is 0.798. The molecule has 1 aromatic heterocycles. The number of aromatic nitrogens is 2. The largest absolute Gasteiger partial charge is 0.345 e. The van der Waals surface area contributed by atoms with Gasteiger partial charge in [-0.1, -0.05) is 24.3 Å². The maximum Gasteiger partial charge on any atom is 0.258 e. The summed E-state index contributed by atoms with van der Waals surface area (Å²) in [5.74, 6) is -0.398. The summed E-state index contributed by atoms with van der Waals surface area (Å²) in [6.07, 6.45) is 3.18. The van der Waals surface area contributed by atoms with Crippen molar-refractivity contribution >= 4 is 17.5 Å². The molecular formula is C19H18N4O2. The molecule has 1 heterocycles. The fourth-order valence-corrected chi connectivity index (χ4v) is 2.35. The Morgan fingerprint density at radius 1 is 1.00 bits per heavy atom. The van der Waals surface area contributed by atoms with Gasteiger partial charge in [-0.3, -0.25) is 9.59 Å². The number of carbonyl (C=O) groups is 2. The molecule has 2 aromatic carbocycles. The molecule has 0 aliphatic heterocycles. The van der Waals surface area contributed by atoms with Crippen LogP contribution in [0.25, 0.3) is 5.69 Å². The second kappa shape index (κ2) is 7.00. The van der Waals surface area contributed by atoms with Crippen LogP contribution in [0.3, 0.4) is 0 Å². The zero-order valence-corrected chi connectivity index (χ0v) is 14.0. The molecule has 0 bridgehead atoms. The average Bonchev–Trinajstić information content (AvgIpc) is 3.12. The van der Waals surface area contributed by atoms with Crippen LogP contribution in [0.15, 0.2) is 67.0 Å². The second-order valence-electron chi connectivity index (χ2n) is 5.74. The molecule has 0 unspecified atom stereocenters. The van der Waals surface area contributed by atoms with Crippen LogP contribution in [0.2, 0.25) is 0 Å². The van der Waals surface area contributed by atoms with E-state index in [0.717, 1.165) is 5.69 Å². The third kappa shape index (κ3) is 3.74. The SMILES string of the molecule is CN(C)C(=O)c1cccc(NC(=O)c2cnn(-c3ccccc3)c2)c1. The van der Waals surface area contributed by atoms with Gasteiger partial charge >= 0.3 is 0 Å². The van der Waals surface area contributed by atoms with Gasteiger partial charge in [-0.05, 0) is 30.3 Å². The van der Waals surface area contributed by atoms with Crippen molar-refractivity contribution in [3.05, 3.63) is 78.1 Å². The van der Waals surface area contributed by atoms with Crippen LogP contribution in [-0.4, -0.2) is 40.6 Å². The lowest BCUT2D eigenvalue weighted by molar-refractivity contribution is 0.0827. The normalized spacial score (nSPS) is 10.3. The molecule has 0 atom stereocenters. The van der Waals surface area contributed by atoms with Crippen molar-refractivity contribution in [3.8, 4) is 5.69 Å². The molecule has 0 spiro atoms. The number of hydrogen-bond acceptors (Lipinski definition) is 3. The van der Waals surface area contributed by atoms with Gasteiger partial charge in [0.15, 0.2) is 0 Å². The van der Waals surface area contributed by atoms with Crippen molar-refractivity contribution in [2.24, 2.45) is 0 Å². The lowest BCUT2D eigenvalue weighted by Gasteiger charge is -2.11. The molecule has 0 radical (unpaired) electrons. The number of nitrogens with one attached hydrogen (secondary N) is 1. The summed E-state index contributed by atoms with van der Waals surface area (Å²) < 4.78 is 1.64. The Bertz CT molecular complexity index is 901. The van der Waals surface area contributed by atoms with E-state index >= 15 is 0 Å². The predicted molar refractivity (Wildman–Crippen MR) is 96.0 cm³/mol. The van der Waals surface area contributed by atoms with Crippen LogP contribution in [0, 0.1) is 0 Å². The van der Waals surface area contributed by atoms with Gasteiger partial charge in [0.25, 0.3) is 11.8 Å². The van der Waals surface area contributed by atoms with Crippen molar-refractivity contribution in [1.29, 1.82) is 0 Å². The topological polar surface area (TPSA) is 67.2 Å². The maximum absolute atomic E-state index is 12.4. The Labute approximate surface area is 145 Å². The number of hydrogen-bond donors (Lipinski definition) is 1. The van der Waals surface area contributed by atoms with Gasteiger partial charge in [0, 0.05) is 31.5 Å². The molecule has 1 N–H and O–H groups in total. The third-order valence-corrected chi connectivity index (χ3v) is 3.64. The number of para-hydroxylation sites is 1. The zero-order valence-electron chi connectivity index (χ0n) is 14.0. The lowest BCUT2D eigenvalue weighted by atomic mass is 10.1. The number of rotatable bonds is 4. The molecule has 6 nitrogen and oxygen atoms in total. The van der Waals surface area contributed by atoms with Gasteiger partial charge in [0.1, 0.15) is 0 Å². The molecule has 6 heteroatoms. The van der Waals surface area contributed by atoms with Crippen molar-refractivity contribution < 1.29 is 9.59 Å². The van der Waals surface area contributed by atoms with Crippen LogP contribution in [0.1, 0.15) is 20.7 Å². The number of benzene rings is 2. The minimum atomic E-state index is -0.281. The van der Waals surface area contributed by atoms with Crippen LogP contribution < -0.4 is 5.32 Å². The number of amides is 2. The first-order valence-electron chi connectivity index (χ1n) is 7.78. The lowest BCUT2D eigenvalue weighted by Crippen LogP contribution is -2.21. The van der Waals surface area contributed by atoms with Gasteiger partial charge in [0.2, 0.25) is 0 Å². The highest BCUT2D eigenvalue weighted by molar-refractivity contribution is 6.04. The van der Waals surface area contributed by atoms with E-state index in [4.69, 9.17) is 0 Å². The van der Waals surface area contributed by atoms with E-state index in [0.29, 0.717) is 16.8 Å². The van der Waals surface area contributed by atoms with Crippen LogP contribution in [0.4, 0.5) is 5.69 Å². The first-order chi connectivity index (χ1) is 12.0. The minimum absolute atomic E-state index is 0.118. The molecule has 3 aromatic rings. The van der Waals surface area contributed by atoms with E-state index in [1.807, 2.05) is 30.3 Å².